The number of methoxy groups -OCH3 is 1. The summed E-state index contributed by atoms with van der Waals surface area (Å²) in [6, 6.07) is 8.48. The zero-order chi connectivity index (χ0) is 24.0. The van der Waals surface area contributed by atoms with E-state index in [-0.39, 0.29) is 30.6 Å². The van der Waals surface area contributed by atoms with Gasteiger partial charge in [0, 0.05) is 36.4 Å². The third kappa shape index (κ3) is 7.04. The molecule has 1 aliphatic carbocycles. The van der Waals surface area contributed by atoms with Crippen molar-refractivity contribution in [3.63, 3.8) is 0 Å². The maximum Gasteiger partial charge on any atom is 0.305 e. The molecule has 0 radical (unpaired) electrons. The van der Waals surface area contributed by atoms with E-state index in [9.17, 15) is 9.59 Å². The van der Waals surface area contributed by atoms with E-state index < -0.39 is 0 Å². The Morgan fingerprint density at radius 2 is 1.94 bits per heavy atom. The van der Waals surface area contributed by atoms with Crippen molar-refractivity contribution in [2.45, 2.75) is 71.1 Å². The van der Waals surface area contributed by atoms with Crippen molar-refractivity contribution < 1.29 is 18.8 Å². The largest absolute Gasteiger partial charge is 0.469 e. The number of esters is 1. The number of carbonyl (C=O) groups is 2. The van der Waals surface area contributed by atoms with Gasteiger partial charge in [-0.3, -0.25) is 9.59 Å². The Hall–Kier alpha value is -2.89. The number of carbonyl (C=O) groups excluding carboxylic acids is 2. The first-order valence-electron chi connectivity index (χ1n) is 11.8. The Morgan fingerprint density at radius 1 is 1.24 bits per heavy atom. The fraction of sp³-hybridized carbons (Fsp3) is 0.519. The third-order valence-corrected chi connectivity index (χ3v) is 5.93. The van der Waals surface area contributed by atoms with Gasteiger partial charge in [0.05, 0.1) is 12.8 Å². The highest BCUT2D eigenvalue weighted by Crippen LogP contribution is 2.48. The van der Waals surface area contributed by atoms with Crippen molar-refractivity contribution in [3.8, 4) is 11.3 Å². The van der Waals surface area contributed by atoms with Crippen LogP contribution < -0.4 is 5.32 Å². The molecule has 1 aromatic heterocycles. The summed E-state index contributed by atoms with van der Waals surface area (Å²) in [4.78, 5) is 24.5. The molecule has 0 saturated heterocycles. The summed E-state index contributed by atoms with van der Waals surface area (Å²) in [7, 11) is 1.38. The molecule has 0 spiro atoms. The normalized spacial score (nSPS) is 14.2. The summed E-state index contributed by atoms with van der Waals surface area (Å²) in [6.45, 7) is 10.6. The van der Waals surface area contributed by atoms with E-state index in [4.69, 9.17) is 9.26 Å². The van der Waals surface area contributed by atoms with Crippen LogP contribution in [0.25, 0.3) is 11.3 Å². The molecule has 33 heavy (non-hydrogen) atoms. The van der Waals surface area contributed by atoms with Crippen LogP contribution in [0.1, 0.15) is 81.5 Å². The molecule has 6 heteroatoms. The van der Waals surface area contributed by atoms with E-state index in [1.165, 1.54) is 12.7 Å². The average Bonchev–Trinajstić information content (AvgIpc) is 3.53. The van der Waals surface area contributed by atoms with Crippen LogP contribution in [0, 0.1) is 5.92 Å². The maximum atomic E-state index is 12.6. The lowest BCUT2D eigenvalue weighted by molar-refractivity contribution is -0.141. The Balaban J connectivity index is 1.88. The van der Waals surface area contributed by atoms with Gasteiger partial charge in [0.15, 0.2) is 5.76 Å². The first-order chi connectivity index (χ1) is 15.8. The highest BCUT2D eigenvalue weighted by molar-refractivity contribution is 5.77. The quantitative estimate of drug-likeness (QED) is 0.338. The summed E-state index contributed by atoms with van der Waals surface area (Å²) in [5.41, 5.74) is 5.08. The molecule has 178 valence electrons. The van der Waals surface area contributed by atoms with Crippen molar-refractivity contribution in [1.82, 2.24) is 10.5 Å². The van der Waals surface area contributed by atoms with Gasteiger partial charge in [0.25, 0.3) is 0 Å². The molecule has 1 N–H and O–H groups in total. The van der Waals surface area contributed by atoms with E-state index >= 15 is 0 Å². The molecule has 0 aliphatic heterocycles. The van der Waals surface area contributed by atoms with Gasteiger partial charge >= 0.3 is 5.97 Å². The van der Waals surface area contributed by atoms with Gasteiger partial charge in [-0.15, -0.1) is 0 Å². The van der Waals surface area contributed by atoms with Crippen LogP contribution in [-0.4, -0.2) is 30.7 Å². The number of benzene rings is 1. The van der Waals surface area contributed by atoms with E-state index in [0.29, 0.717) is 24.8 Å². The van der Waals surface area contributed by atoms with Crippen LogP contribution in [0.4, 0.5) is 0 Å². The lowest BCUT2D eigenvalue weighted by Gasteiger charge is -2.16. The summed E-state index contributed by atoms with van der Waals surface area (Å²) in [6.07, 6.45) is 4.14. The molecule has 1 atom stereocenters. The second-order valence-corrected chi connectivity index (χ2v) is 9.63. The van der Waals surface area contributed by atoms with Gasteiger partial charge in [-0.1, -0.05) is 55.4 Å². The van der Waals surface area contributed by atoms with Gasteiger partial charge in [-0.05, 0) is 50.0 Å². The zero-order valence-electron chi connectivity index (χ0n) is 20.3. The second kappa shape index (κ2) is 11.3. The number of ether oxygens (including phenoxy) is 1. The Morgan fingerprint density at radius 3 is 2.52 bits per heavy atom. The molecular weight excluding hydrogens is 416 g/mol. The molecule has 2 aromatic rings. The molecule has 1 unspecified atom stereocenters. The van der Waals surface area contributed by atoms with Gasteiger partial charge < -0.3 is 14.6 Å². The fourth-order valence-electron chi connectivity index (χ4n) is 4.12. The van der Waals surface area contributed by atoms with Crippen LogP contribution in [-0.2, 0) is 20.7 Å². The molecule has 3 rings (SSSR count). The molecule has 1 fully saturated rings. The maximum absolute atomic E-state index is 12.6. The van der Waals surface area contributed by atoms with Gasteiger partial charge in [-0.25, -0.2) is 0 Å². The van der Waals surface area contributed by atoms with Crippen LogP contribution >= 0.6 is 0 Å². The minimum atomic E-state index is -0.292. The number of nitrogens with one attached hydrogen (secondary N) is 1. The van der Waals surface area contributed by atoms with Gasteiger partial charge in [0.2, 0.25) is 5.91 Å². The predicted octanol–water partition coefficient (Wildman–Crippen LogP) is 5.54. The molecule has 1 aromatic carbocycles. The molecular formula is C27H36N2O4. The SMILES string of the molecule is C=C(C)CNC(=O)CC(CCC(=O)OC)c1noc(-c2ccc(CC(C)C)cc2)c1C1CC1. The first-order valence-corrected chi connectivity index (χ1v) is 11.8. The van der Waals surface area contributed by atoms with Crippen LogP contribution in [0.3, 0.4) is 0 Å². The topological polar surface area (TPSA) is 81.4 Å². The number of hydrogen-bond donors (Lipinski definition) is 1. The number of nitrogens with zero attached hydrogens (tertiary/aromatic N) is 1. The van der Waals surface area contributed by atoms with Crippen LogP contribution in [0.15, 0.2) is 40.9 Å². The predicted molar refractivity (Wildman–Crippen MR) is 129 cm³/mol. The Bertz CT molecular complexity index is 971. The van der Waals surface area contributed by atoms with E-state index in [2.05, 4.69) is 55.2 Å². The monoisotopic (exact) mass is 452 g/mol. The number of aromatic nitrogens is 1. The molecule has 0 bridgehead atoms. The van der Waals surface area contributed by atoms with E-state index in [1.54, 1.807) is 0 Å². The van der Waals surface area contributed by atoms with Crippen molar-refractivity contribution >= 4 is 11.9 Å². The van der Waals surface area contributed by atoms with Crippen molar-refractivity contribution in [2.24, 2.45) is 5.92 Å². The minimum Gasteiger partial charge on any atom is -0.469 e. The van der Waals surface area contributed by atoms with Gasteiger partial charge in [-0.2, -0.15) is 0 Å². The number of rotatable bonds is 12. The Labute approximate surface area is 196 Å². The lowest BCUT2D eigenvalue weighted by atomic mass is 9.89. The lowest BCUT2D eigenvalue weighted by Crippen LogP contribution is -2.27. The van der Waals surface area contributed by atoms with Crippen LogP contribution in [0.2, 0.25) is 0 Å². The van der Waals surface area contributed by atoms with E-state index in [0.717, 1.165) is 47.4 Å². The standard InChI is InChI=1S/C27H36N2O4/c1-17(2)14-19-6-8-21(9-7-19)27-25(20-10-11-20)26(29-33-27)22(12-13-24(31)32-5)15-23(30)28-16-18(3)4/h6-9,17,20,22H,3,10-16H2,1-2,4-5H3,(H,28,30). The molecule has 6 nitrogen and oxygen atoms in total. The first kappa shape index (κ1) is 24.7. The molecule has 1 aliphatic rings. The summed E-state index contributed by atoms with van der Waals surface area (Å²) in [5.74, 6) is 1.17. The highest BCUT2D eigenvalue weighted by Gasteiger charge is 2.36. The Kier molecular flexibility index (Phi) is 8.48. The number of hydrogen-bond acceptors (Lipinski definition) is 5. The van der Waals surface area contributed by atoms with E-state index in [1.807, 2.05) is 6.92 Å². The zero-order valence-corrected chi connectivity index (χ0v) is 20.3. The fourth-order valence-corrected chi connectivity index (χ4v) is 4.12. The number of amides is 1. The van der Waals surface area contributed by atoms with Crippen molar-refractivity contribution in [2.75, 3.05) is 13.7 Å². The summed E-state index contributed by atoms with van der Waals surface area (Å²) in [5, 5.41) is 7.35. The molecule has 1 amide bonds. The minimum absolute atomic E-state index is 0.0859. The summed E-state index contributed by atoms with van der Waals surface area (Å²) < 4.78 is 10.7. The molecule has 1 saturated carbocycles. The second-order valence-electron chi connectivity index (χ2n) is 9.63. The highest BCUT2D eigenvalue weighted by atomic mass is 16.5. The van der Waals surface area contributed by atoms with Gasteiger partial charge in [0.1, 0.15) is 0 Å². The summed E-state index contributed by atoms with van der Waals surface area (Å²) >= 11 is 0. The molecule has 1 heterocycles. The van der Waals surface area contributed by atoms with Crippen LogP contribution in [0.5, 0.6) is 0 Å². The van der Waals surface area contributed by atoms with Crippen molar-refractivity contribution in [3.05, 3.63) is 53.2 Å². The average molecular weight is 453 g/mol. The van der Waals surface area contributed by atoms with Crippen molar-refractivity contribution in [1.29, 1.82) is 0 Å². The smallest absolute Gasteiger partial charge is 0.305 e. The third-order valence-electron chi connectivity index (χ3n) is 5.93.